The highest BCUT2D eigenvalue weighted by molar-refractivity contribution is 7.87. The van der Waals surface area contributed by atoms with Crippen LogP contribution >= 0.6 is 0 Å². The number of halogens is 3. The van der Waals surface area contributed by atoms with Gasteiger partial charge in [-0.3, -0.25) is 0 Å². The maximum atomic E-state index is 12.6. The number of pyridine rings is 1. The average molecular weight is 408 g/mol. The molecule has 144 valence electrons. The number of aromatic nitrogens is 1. The van der Waals surface area contributed by atoms with Crippen molar-refractivity contribution in [2.75, 3.05) is 7.11 Å². The molecule has 1 aromatic heterocycles. The van der Waals surface area contributed by atoms with Gasteiger partial charge in [0.1, 0.15) is 5.75 Å². The molecule has 0 radical (unpaired) electrons. The maximum Gasteiger partial charge on any atom is 0.534 e. The Morgan fingerprint density at radius 2 is 1.79 bits per heavy atom. The van der Waals surface area contributed by atoms with E-state index in [-0.39, 0.29) is 11.3 Å². The minimum Gasteiger partial charge on any atom is -0.496 e. The number of fused-ring (bicyclic) bond motifs is 1. The molecule has 0 fully saturated rings. The molecule has 0 bridgehead atoms. The van der Waals surface area contributed by atoms with Crippen molar-refractivity contribution in [3.8, 4) is 28.8 Å². The summed E-state index contributed by atoms with van der Waals surface area (Å²) in [4.78, 5) is 3.87. The van der Waals surface area contributed by atoms with E-state index in [0.29, 0.717) is 22.1 Å². The summed E-state index contributed by atoms with van der Waals surface area (Å²) in [5, 5.41) is 9.36. The molecule has 0 atom stereocenters. The van der Waals surface area contributed by atoms with Gasteiger partial charge in [0.05, 0.1) is 29.6 Å². The molecule has 0 aliphatic heterocycles. The topological polar surface area (TPSA) is 89.3 Å². The van der Waals surface area contributed by atoms with Crippen molar-refractivity contribution in [3.63, 3.8) is 0 Å². The Bertz CT molecular complexity index is 1180. The molecule has 0 aliphatic rings. The SMILES string of the molecule is COc1cc(OS(=O)(=O)C(F)(F)F)nc2cccc(-c3ccc(C#N)cc3)c12. The van der Waals surface area contributed by atoms with Crippen LogP contribution in [-0.2, 0) is 10.1 Å². The lowest BCUT2D eigenvalue weighted by atomic mass is 9.99. The van der Waals surface area contributed by atoms with Gasteiger partial charge < -0.3 is 8.92 Å². The highest BCUT2D eigenvalue weighted by atomic mass is 32.2. The summed E-state index contributed by atoms with van der Waals surface area (Å²) in [7, 11) is -4.58. The number of methoxy groups -OCH3 is 1. The summed E-state index contributed by atoms with van der Waals surface area (Å²) in [5.41, 5.74) is -3.60. The predicted molar refractivity (Wildman–Crippen MR) is 94.0 cm³/mol. The predicted octanol–water partition coefficient (Wildman–Crippen LogP) is 4.01. The molecule has 0 saturated carbocycles. The number of nitriles is 1. The van der Waals surface area contributed by atoms with Crippen molar-refractivity contribution in [3.05, 3.63) is 54.1 Å². The van der Waals surface area contributed by atoms with Crippen LogP contribution in [0.15, 0.2) is 48.5 Å². The molecule has 28 heavy (non-hydrogen) atoms. The summed E-state index contributed by atoms with van der Waals surface area (Å²) >= 11 is 0. The monoisotopic (exact) mass is 408 g/mol. The van der Waals surface area contributed by atoms with E-state index in [1.165, 1.54) is 13.2 Å². The molecule has 0 unspecified atom stereocenters. The van der Waals surface area contributed by atoms with Gasteiger partial charge in [0.25, 0.3) is 0 Å². The van der Waals surface area contributed by atoms with Crippen molar-refractivity contribution in [2.45, 2.75) is 5.51 Å². The van der Waals surface area contributed by atoms with Gasteiger partial charge in [-0.1, -0.05) is 24.3 Å². The second-order valence-electron chi connectivity index (χ2n) is 5.53. The fourth-order valence-electron chi connectivity index (χ4n) is 2.56. The number of hydrogen-bond donors (Lipinski definition) is 0. The lowest BCUT2D eigenvalue weighted by Crippen LogP contribution is -2.28. The van der Waals surface area contributed by atoms with Crippen LogP contribution in [0.25, 0.3) is 22.0 Å². The van der Waals surface area contributed by atoms with Crippen LogP contribution in [0.1, 0.15) is 5.56 Å². The molecular formula is C18H11F3N2O4S. The number of nitrogens with zero attached hydrogens (tertiary/aromatic N) is 2. The molecule has 10 heteroatoms. The second-order valence-corrected chi connectivity index (χ2v) is 7.07. The molecule has 0 saturated heterocycles. The largest absolute Gasteiger partial charge is 0.534 e. The smallest absolute Gasteiger partial charge is 0.496 e. The number of rotatable bonds is 4. The molecule has 3 aromatic rings. The Kier molecular flexibility index (Phi) is 4.87. The Hall–Kier alpha value is -3.32. The summed E-state index contributed by atoms with van der Waals surface area (Å²) < 4.78 is 69.5. The van der Waals surface area contributed by atoms with Gasteiger partial charge in [0.15, 0.2) is 0 Å². The standard InChI is InChI=1S/C18H11F3N2O4S/c1-26-15-9-16(27-28(24,25)18(19,20)21)23-14-4-2-3-13(17(14)15)12-7-5-11(10-22)6-8-12/h2-9H,1H3. The van der Waals surface area contributed by atoms with E-state index in [4.69, 9.17) is 10.00 Å². The van der Waals surface area contributed by atoms with E-state index in [9.17, 15) is 21.6 Å². The number of ether oxygens (including phenoxy) is 1. The Balaban J connectivity index is 2.16. The molecule has 0 N–H and O–H groups in total. The zero-order valence-electron chi connectivity index (χ0n) is 14.2. The van der Waals surface area contributed by atoms with Gasteiger partial charge in [0, 0.05) is 6.07 Å². The van der Waals surface area contributed by atoms with Crippen molar-refractivity contribution in [2.24, 2.45) is 0 Å². The maximum absolute atomic E-state index is 12.6. The van der Waals surface area contributed by atoms with Crippen molar-refractivity contribution in [1.82, 2.24) is 4.98 Å². The van der Waals surface area contributed by atoms with Crippen LogP contribution in [0.5, 0.6) is 11.6 Å². The quantitative estimate of drug-likeness (QED) is 0.479. The first-order chi connectivity index (χ1) is 13.2. The first kappa shape index (κ1) is 19.4. The third-order valence-electron chi connectivity index (χ3n) is 3.80. The minimum atomic E-state index is -5.86. The zero-order valence-corrected chi connectivity index (χ0v) is 15.0. The molecule has 3 rings (SSSR count). The van der Waals surface area contributed by atoms with E-state index in [1.807, 2.05) is 6.07 Å². The lowest BCUT2D eigenvalue weighted by Gasteiger charge is -2.14. The average Bonchev–Trinajstić information content (AvgIpc) is 2.65. The summed E-state index contributed by atoms with van der Waals surface area (Å²) in [6.07, 6.45) is 0. The summed E-state index contributed by atoms with van der Waals surface area (Å²) in [6, 6.07) is 14.4. The number of hydrogen-bond acceptors (Lipinski definition) is 6. The van der Waals surface area contributed by atoms with Gasteiger partial charge in [0.2, 0.25) is 5.88 Å². The Morgan fingerprint density at radius 1 is 1.11 bits per heavy atom. The van der Waals surface area contributed by atoms with Crippen molar-refractivity contribution >= 4 is 21.0 Å². The molecule has 6 nitrogen and oxygen atoms in total. The van der Waals surface area contributed by atoms with Crippen LogP contribution in [0.2, 0.25) is 0 Å². The van der Waals surface area contributed by atoms with Crippen molar-refractivity contribution in [1.29, 1.82) is 5.26 Å². The lowest BCUT2D eigenvalue weighted by molar-refractivity contribution is -0.0501. The van der Waals surface area contributed by atoms with Crippen LogP contribution in [-0.4, -0.2) is 26.0 Å². The molecule has 0 amide bonds. The van der Waals surface area contributed by atoms with Gasteiger partial charge in [-0.2, -0.15) is 26.9 Å². The fourth-order valence-corrected chi connectivity index (χ4v) is 2.96. The first-order valence-corrected chi connectivity index (χ1v) is 9.06. The fraction of sp³-hybridized carbons (Fsp3) is 0.111. The molecular weight excluding hydrogens is 397 g/mol. The van der Waals surface area contributed by atoms with Crippen LogP contribution < -0.4 is 8.92 Å². The number of alkyl halides is 3. The second kappa shape index (κ2) is 7.01. The number of benzene rings is 2. The van der Waals surface area contributed by atoms with E-state index in [0.717, 1.165) is 6.07 Å². The highest BCUT2D eigenvalue weighted by Gasteiger charge is 2.49. The zero-order chi connectivity index (χ0) is 20.5. The van der Waals surface area contributed by atoms with Gasteiger partial charge in [-0.25, -0.2) is 4.98 Å². The van der Waals surface area contributed by atoms with E-state index < -0.39 is 21.5 Å². The van der Waals surface area contributed by atoms with Gasteiger partial charge in [-0.05, 0) is 29.3 Å². The van der Waals surface area contributed by atoms with Crippen LogP contribution in [0.3, 0.4) is 0 Å². The van der Waals surface area contributed by atoms with E-state index >= 15 is 0 Å². The normalized spacial score (nSPS) is 11.8. The third-order valence-corrected chi connectivity index (χ3v) is 4.75. The van der Waals surface area contributed by atoms with Gasteiger partial charge >= 0.3 is 15.6 Å². The van der Waals surface area contributed by atoms with Crippen molar-refractivity contribution < 1.29 is 30.5 Å². The van der Waals surface area contributed by atoms with E-state index in [1.54, 1.807) is 36.4 Å². The Morgan fingerprint density at radius 3 is 2.36 bits per heavy atom. The van der Waals surface area contributed by atoms with Crippen LogP contribution in [0, 0.1) is 11.3 Å². The highest BCUT2D eigenvalue weighted by Crippen LogP contribution is 2.37. The summed E-state index contributed by atoms with van der Waals surface area (Å²) in [6.45, 7) is 0. The van der Waals surface area contributed by atoms with E-state index in [2.05, 4.69) is 9.17 Å². The third kappa shape index (κ3) is 3.57. The molecule has 1 heterocycles. The molecule has 0 aliphatic carbocycles. The molecule has 0 spiro atoms. The molecule has 2 aromatic carbocycles. The first-order valence-electron chi connectivity index (χ1n) is 7.65. The minimum absolute atomic E-state index is 0.0809. The van der Waals surface area contributed by atoms with Gasteiger partial charge in [-0.15, -0.1) is 0 Å². The van der Waals surface area contributed by atoms with Crippen LogP contribution in [0.4, 0.5) is 13.2 Å². The summed E-state index contributed by atoms with van der Waals surface area (Å²) in [5.74, 6) is -0.684. The Labute approximate surface area is 157 Å².